The molecule has 1 unspecified atom stereocenters. The minimum atomic E-state index is -3.19. The van der Waals surface area contributed by atoms with Gasteiger partial charge in [0.2, 0.25) is 10.0 Å². The smallest absolute Gasteiger partial charge is 0.213 e. The number of ether oxygens (including phenoxy) is 1. The Hall–Kier alpha value is -0.170. The fourth-order valence-electron chi connectivity index (χ4n) is 1.12. The highest BCUT2D eigenvalue weighted by molar-refractivity contribution is 7.89. The molecule has 3 N–H and O–H groups in total. The van der Waals surface area contributed by atoms with Gasteiger partial charge in [0.1, 0.15) is 0 Å². The maximum atomic E-state index is 11.4. The van der Waals surface area contributed by atoms with Crippen LogP contribution in [0.4, 0.5) is 0 Å². The van der Waals surface area contributed by atoms with E-state index in [1.54, 1.807) is 0 Å². The Kier molecular flexibility index (Phi) is 7.91. The molecule has 0 aromatic heterocycles. The first-order chi connectivity index (χ1) is 7.33. The van der Waals surface area contributed by atoms with Crippen LogP contribution in [0.25, 0.3) is 0 Å². The van der Waals surface area contributed by atoms with Crippen LogP contribution in [0.5, 0.6) is 0 Å². The zero-order valence-corrected chi connectivity index (χ0v) is 11.2. The molecule has 0 aliphatic rings. The maximum Gasteiger partial charge on any atom is 0.213 e. The largest absolute Gasteiger partial charge is 0.378 e. The van der Waals surface area contributed by atoms with E-state index in [2.05, 4.69) is 4.72 Å². The third-order valence-corrected chi connectivity index (χ3v) is 3.31. The first kappa shape index (κ1) is 15.8. The second-order valence-electron chi connectivity index (χ2n) is 4.25. The Labute approximate surface area is 98.8 Å². The monoisotopic (exact) mass is 252 g/mol. The van der Waals surface area contributed by atoms with Crippen LogP contribution in [0, 0.1) is 0 Å². The van der Waals surface area contributed by atoms with Crippen molar-refractivity contribution in [3.05, 3.63) is 0 Å². The summed E-state index contributed by atoms with van der Waals surface area (Å²) in [5.41, 5.74) is 5.56. The molecular formula is C10H24N2O3S. The second-order valence-corrected chi connectivity index (χ2v) is 6.18. The third kappa shape index (κ3) is 10.4. The number of hydrogen-bond donors (Lipinski definition) is 2. The van der Waals surface area contributed by atoms with Gasteiger partial charge in [0.05, 0.1) is 18.5 Å². The van der Waals surface area contributed by atoms with Crippen molar-refractivity contribution in [1.82, 2.24) is 4.72 Å². The van der Waals surface area contributed by atoms with Crippen molar-refractivity contribution in [3.63, 3.8) is 0 Å². The van der Waals surface area contributed by atoms with Gasteiger partial charge in [-0.3, -0.25) is 0 Å². The summed E-state index contributed by atoms with van der Waals surface area (Å²) in [6, 6.07) is 0.119. The number of hydrogen-bond acceptors (Lipinski definition) is 4. The summed E-state index contributed by atoms with van der Waals surface area (Å²) in [6.07, 6.45) is 1.65. The van der Waals surface area contributed by atoms with Crippen LogP contribution >= 0.6 is 0 Å². The number of nitrogens with two attached hydrogens (primary N) is 1. The molecule has 0 saturated carbocycles. The van der Waals surface area contributed by atoms with Crippen LogP contribution in [0.1, 0.15) is 33.6 Å². The van der Waals surface area contributed by atoms with Crippen LogP contribution in [-0.2, 0) is 14.8 Å². The maximum absolute atomic E-state index is 11.4. The first-order valence-electron chi connectivity index (χ1n) is 5.68. The lowest BCUT2D eigenvalue weighted by Gasteiger charge is -2.09. The van der Waals surface area contributed by atoms with Gasteiger partial charge in [0.25, 0.3) is 0 Å². The van der Waals surface area contributed by atoms with Crippen molar-refractivity contribution in [2.24, 2.45) is 5.73 Å². The molecule has 6 heteroatoms. The highest BCUT2D eigenvalue weighted by Gasteiger charge is 2.09. The van der Waals surface area contributed by atoms with E-state index in [1.165, 1.54) is 0 Å². The summed E-state index contributed by atoms with van der Waals surface area (Å²) in [6.45, 7) is 6.35. The van der Waals surface area contributed by atoms with E-state index in [9.17, 15) is 8.42 Å². The van der Waals surface area contributed by atoms with Crippen LogP contribution in [0.3, 0.4) is 0 Å². The van der Waals surface area contributed by atoms with E-state index in [-0.39, 0.29) is 24.5 Å². The van der Waals surface area contributed by atoms with Gasteiger partial charge < -0.3 is 10.5 Å². The Morgan fingerprint density at radius 1 is 1.31 bits per heavy atom. The fourth-order valence-corrected chi connectivity index (χ4v) is 2.03. The summed E-state index contributed by atoms with van der Waals surface area (Å²) < 4.78 is 30.6. The van der Waals surface area contributed by atoms with Crippen molar-refractivity contribution in [2.45, 2.75) is 45.8 Å². The molecule has 0 aromatic rings. The Morgan fingerprint density at radius 2 is 1.94 bits per heavy atom. The predicted octanol–water partition coefficient (Wildman–Crippen LogP) is 0.458. The van der Waals surface area contributed by atoms with E-state index in [1.807, 2.05) is 20.8 Å². The summed E-state index contributed by atoms with van der Waals surface area (Å²) in [5.74, 6) is 0.0172. The molecule has 0 radical (unpaired) electrons. The molecule has 5 nitrogen and oxygen atoms in total. The van der Waals surface area contributed by atoms with Crippen molar-refractivity contribution >= 4 is 10.0 Å². The molecule has 0 aliphatic heterocycles. The van der Waals surface area contributed by atoms with Crippen LogP contribution in [0.15, 0.2) is 0 Å². The minimum Gasteiger partial charge on any atom is -0.378 e. The van der Waals surface area contributed by atoms with Gasteiger partial charge in [0.15, 0.2) is 0 Å². The normalized spacial score (nSPS) is 14.3. The summed E-state index contributed by atoms with van der Waals surface area (Å²) in [5, 5.41) is 0. The highest BCUT2D eigenvalue weighted by atomic mass is 32.2. The van der Waals surface area contributed by atoms with Gasteiger partial charge in [0, 0.05) is 12.6 Å². The molecular weight excluding hydrogens is 228 g/mol. The molecule has 0 heterocycles. The van der Waals surface area contributed by atoms with Gasteiger partial charge in [-0.15, -0.1) is 0 Å². The molecule has 16 heavy (non-hydrogen) atoms. The first-order valence-corrected chi connectivity index (χ1v) is 7.33. The van der Waals surface area contributed by atoms with Crippen molar-refractivity contribution in [1.29, 1.82) is 0 Å². The van der Waals surface area contributed by atoms with Crippen LogP contribution in [0.2, 0.25) is 0 Å². The Morgan fingerprint density at radius 3 is 2.44 bits per heavy atom. The average Bonchev–Trinajstić information content (AvgIpc) is 2.11. The lowest BCUT2D eigenvalue weighted by molar-refractivity contribution is 0.0911. The van der Waals surface area contributed by atoms with E-state index in [0.717, 1.165) is 12.8 Å². The average molecular weight is 252 g/mol. The fraction of sp³-hybridized carbons (Fsp3) is 1.00. The molecule has 0 rings (SSSR count). The van der Waals surface area contributed by atoms with E-state index in [4.69, 9.17) is 10.5 Å². The summed E-state index contributed by atoms with van der Waals surface area (Å²) in [7, 11) is -3.19. The van der Waals surface area contributed by atoms with E-state index < -0.39 is 10.0 Å². The molecule has 98 valence electrons. The van der Waals surface area contributed by atoms with E-state index in [0.29, 0.717) is 6.54 Å². The SMILES string of the molecule is CC(N)CCCNS(=O)(=O)CCOC(C)C. The molecule has 0 bridgehead atoms. The molecule has 1 atom stereocenters. The van der Waals surface area contributed by atoms with E-state index >= 15 is 0 Å². The van der Waals surface area contributed by atoms with Gasteiger partial charge in [-0.1, -0.05) is 0 Å². The quantitative estimate of drug-likeness (QED) is 0.584. The molecule has 0 saturated heterocycles. The molecule has 0 amide bonds. The van der Waals surface area contributed by atoms with Gasteiger partial charge in [-0.25, -0.2) is 13.1 Å². The number of sulfonamides is 1. The molecule has 0 aromatic carbocycles. The second kappa shape index (κ2) is 8.00. The lowest BCUT2D eigenvalue weighted by atomic mass is 10.2. The van der Waals surface area contributed by atoms with Gasteiger partial charge in [-0.05, 0) is 33.6 Å². The molecule has 0 aliphatic carbocycles. The zero-order chi connectivity index (χ0) is 12.6. The van der Waals surface area contributed by atoms with Gasteiger partial charge >= 0.3 is 0 Å². The molecule has 0 fully saturated rings. The molecule has 0 spiro atoms. The van der Waals surface area contributed by atoms with Crippen molar-refractivity contribution in [3.8, 4) is 0 Å². The predicted molar refractivity (Wildman–Crippen MR) is 65.8 cm³/mol. The standard InChI is InChI=1S/C10H24N2O3S/c1-9(2)15-7-8-16(13,14)12-6-4-5-10(3)11/h9-10,12H,4-8,11H2,1-3H3. The van der Waals surface area contributed by atoms with Crippen LogP contribution in [-0.4, -0.2) is 39.5 Å². The van der Waals surface area contributed by atoms with Gasteiger partial charge in [-0.2, -0.15) is 0 Å². The topological polar surface area (TPSA) is 81.4 Å². The number of nitrogens with one attached hydrogen (secondary N) is 1. The number of rotatable bonds is 9. The van der Waals surface area contributed by atoms with Crippen molar-refractivity contribution < 1.29 is 13.2 Å². The summed E-state index contributed by atoms with van der Waals surface area (Å²) >= 11 is 0. The Bertz CT molecular complexity index is 263. The highest BCUT2D eigenvalue weighted by Crippen LogP contribution is 1.94. The Balaban J connectivity index is 3.63. The lowest BCUT2D eigenvalue weighted by Crippen LogP contribution is -2.30. The zero-order valence-electron chi connectivity index (χ0n) is 10.4. The minimum absolute atomic E-state index is 0.0172. The van der Waals surface area contributed by atoms with Crippen molar-refractivity contribution in [2.75, 3.05) is 18.9 Å². The third-order valence-electron chi connectivity index (χ3n) is 1.96. The summed E-state index contributed by atoms with van der Waals surface area (Å²) in [4.78, 5) is 0. The van der Waals surface area contributed by atoms with Crippen LogP contribution < -0.4 is 10.5 Å².